The van der Waals surface area contributed by atoms with E-state index < -0.39 is 30.6 Å². The van der Waals surface area contributed by atoms with Crippen LogP contribution in [0.3, 0.4) is 0 Å². The van der Waals surface area contributed by atoms with Gasteiger partial charge in [-0.1, -0.05) is 62.4 Å². The van der Waals surface area contributed by atoms with Crippen molar-refractivity contribution >= 4 is 23.7 Å². The number of benzene rings is 2. The maximum Gasteiger partial charge on any atom is 0.408 e. The number of hydrogen-bond donors (Lipinski definition) is 2. The molecular formula is C23H28N2O5. The number of para-hydroxylation sites is 1. The van der Waals surface area contributed by atoms with E-state index in [1.807, 2.05) is 62.4 Å². The van der Waals surface area contributed by atoms with Crippen LogP contribution in [0.5, 0.6) is 0 Å². The smallest absolute Gasteiger partial charge is 0.408 e. The van der Waals surface area contributed by atoms with Crippen molar-refractivity contribution in [3.63, 3.8) is 0 Å². The average Bonchev–Trinajstić information content (AvgIpc) is 2.72. The number of esters is 1. The third kappa shape index (κ3) is 6.92. The summed E-state index contributed by atoms with van der Waals surface area (Å²) in [4.78, 5) is 36.7. The molecule has 0 aliphatic heterocycles. The monoisotopic (exact) mass is 412 g/mol. The molecule has 2 aromatic rings. The number of alkyl carbamates (subject to hydrolysis) is 1. The van der Waals surface area contributed by atoms with Crippen LogP contribution in [-0.2, 0) is 25.7 Å². The highest BCUT2D eigenvalue weighted by Crippen LogP contribution is 2.19. The highest BCUT2D eigenvalue weighted by molar-refractivity contribution is 5.94. The minimum absolute atomic E-state index is 0.0880. The van der Waals surface area contributed by atoms with Gasteiger partial charge in [0.05, 0.1) is 0 Å². The van der Waals surface area contributed by atoms with Crippen molar-refractivity contribution in [1.29, 1.82) is 0 Å². The van der Waals surface area contributed by atoms with Gasteiger partial charge in [-0.2, -0.15) is 0 Å². The standard InChI is InChI=1S/C23H28N2O5/c1-15(2)20(25-23(28)30-13-18-11-6-5-7-12-18)22(27)29-14-19(26)24-21-16(3)9-8-10-17(21)4/h5-12,15,20H,13-14H2,1-4H3,(H,24,26)(H,25,28)/t20-/m0/s1. The molecule has 0 radical (unpaired) electrons. The summed E-state index contributed by atoms with van der Waals surface area (Å²) in [7, 11) is 0. The van der Waals surface area contributed by atoms with E-state index >= 15 is 0 Å². The van der Waals surface area contributed by atoms with Crippen LogP contribution in [-0.4, -0.2) is 30.6 Å². The lowest BCUT2D eigenvalue weighted by Gasteiger charge is -2.20. The summed E-state index contributed by atoms with van der Waals surface area (Å²) in [5.74, 6) is -1.39. The van der Waals surface area contributed by atoms with E-state index in [4.69, 9.17) is 9.47 Å². The van der Waals surface area contributed by atoms with Crippen molar-refractivity contribution in [1.82, 2.24) is 5.32 Å². The van der Waals surface area contributed by atoms with E-state index in [-0.39, 0.29) is 12.5 Å². The molecule has 2 N–H and O–H groups in total. The number of carbonyl (C=O) groups is 3. The fourth-order valence-electron chi connectivity index (χ4n) is 2.80. The van der Waals surface area contributed by atoms with Crippen molar-refractivity contribution in [3.05, 3.63) is 65.2 Å². The number of rotatable bonds is 8. The van der Waals surface area contributed by atoms with Gasteiger partial charge in [0.15, 0.2) is 6.61 Å². The van der Waals surface area contributed by atoms with Crippen LogP contribution in [0.2, 0.25) is 0 Å². The van der Waals surface area contributed by atoms with Gasteiger partial charge >= 0.3 is 12.1 Å². The molecule has 7 heteroatoms. The third-order valence-electron chi connectivity index (χ3n) is 4.50. The molecule has 2 aromatic carbocycles. The van der Waals surface area contributed by atoms with Gasteiger partial charge in [0.25, 0.3) is 5.91 Å². The van der Waals surface area contributed by atoms with Crippen molar-refractivity contribution < 1.29 is 23.9 Å². The molecule has 2 amide bonds. The predicted molar refractivity (Wildman–Crippen MR) is 114 cm³/mol. The molecular weight excluding hydrogens is 384 g/mol. The normalized spacial score (nSPS) is 11.5. The number of carbonyl (C=O) groups excluding carboxylic acids is 3. The van der Waals surface area contributed by atoms with Crippen LogP contribution in [0.15, 0.2) is 48.5 Å². The van der Waals surface area contributed by atoms with Crippen molar-refractivity contribution in [2.24, 2.45) is 5.92 Å². The average molecular weight is 412 g/mol. The molecule has 0 fully saturated rings. The Morgan fingerprint density at radius 1 is 0.900 bits per heavy atom. The molecule has 0 aromatic heterocycles. The molecule has 2 rings (SSSR count). The van der Waals surface area contributed by atoms with Gasteiger partial charge in [0, 0.05) is 5.69 Å². The highest BCUT2D eigenvalue weighted by Gasteiger charge is 2.27. The number of ether oxygens (including phenoxy) is 2. The quantitative estimate of drug-likeness (QED) is 0.644. The summed E-state index contributed by atoms with van der Waals surface area (Å²) >= 11 is 0. The van der Waals surface area contributed by atoms with Crippen LogP contribution in [0, 0.1) is 19.8 Å². The fraction of sp³-hybridized carbons (Fsp3) is 0.348. The summed E-state index contributed by atoms with van der Waals surface area (Å²) in [6.07, 6.45) is -0.727. The number of aryl methyl sites for hydroxylation is 2. The van der Waals surface area contributed by atoms with Crippen LogP contribution >= 0.6 is 0 Å². The first-order valence-corrected chi connectivity index (χ1v) is 9.78. The molecule has 160 valence electrons. The zero-order chi connectivity index (χ0) is 22.1. The molecule has 7 nitrogen and oxygen atoms in total. The second kappa shape index (κ2) is 11.0. The second-order valence-electron chi connectivity index (χ2n) is 7.35. The minimum atomic E-state index is -0.929. The molecule has 0 aliphatic rings. The number of hydrogen-bond acceptors (Lipinski definition) is 5. The van der Waals surface area contributed by atoms with Crippen molar-refractivity contribution in [2.75, 3.05) is 11.9 Å². The van der Waals surface area contributed by atoms with Crippen LogP contribution in [0.1, 0.15) is 30.5 Å². The summed E-state index contributed by atoms with van der Waals surface area (Å²) in [5.41, 5.74) is 3.36. The van der Waals surface area contributed by atoms with Gasteiger partial charge < -0.3 is 20.1 Å². The number of amides is 2. The van der Waals surface area contributed by atoms with Gasteiger partial charge in [-0.05, 0) is 36.5 Å². The molecule has 0 heterocycles. The lowest BCUT2D eigenvalue weighted by Crippen LogP contribution is -2.46. The van der Waals surface area contributed by atoms with Crippen molar-refractivity contribution in [3.8, 4) is 0 Å². The molecule has 0 aliphatic carbocycles. The van der Waals surface area contributed by atoms with Gasteiger partial charge in [-0.25, -0.2) is 9.59 Å². The van der Waals surface area contributed by atoms with Crippen LogP contribution in [0.25, 0.3) is 0 Å². The van der Waals surface area contributed by atoms with Crippen molar-refractivity contribution in [2.45, 2.75) is 40.3 Å². The molecule has 0 bridgehead atoms. The minimum Gasteiger partial charge on any atom is -0.454 e. The first-order chi connectivity index (χ1) is 14.3. The van der Waals surface area contributed by atoms with E-state index in [9.17, 15) is 14.4 Å². The lowest BCUT2D eigenvalue weighted by molar-refractivity contribution is -0.150. The van der Waals surface area contributed by atoms with Gasteiger partial charge in [-0.3, -0.25) is 4.79 Å². The Morgan fingerprint density at radius 3 is 2.13 bits per heavy atom. The number of nitrogens with one attached hydrogen (secondary N) is 2. The largest absolute Gasteiger partial charge is 0.454 e. The molecule has 0 saturated heterocycles. The number of anilines is 1. The zero-order valence-corrected chi connectivity index (χ0v) is 17.7. The summed E-state index contributed by atoms with van der Waals surface area (Å²) in [6.45, 7) is 6.93. The summed E-state index contributed by atoms with van der Waals surface area (Å²) in [5, 5.41) is 5.26. The van der Waals surface area contributed by atoms with E-state index in [2.05, 4.69) is 10.6 Å². The van der Waals surface area contributed by atoms with Gasteiger partial charge in [0.1, 0.15) is 12.6 Å². The molecule has 30 heavy (non-hydrogen) atoms. The van der Waals surface area contributed by atoms with Gasteiger partial charge in [0.2, 0.25) is 0 Å². The highest BCUT2D eigenvalue weighted by atomic mass is 16.6. The maximum atomic E-state index is 12.4. The van der Waals surface area contributed by atoms with E-state index in [0.717, 1.165) is 16.7 Å². The van der Waals surface area contributed by atoms with E-state index in [1.54, 1.807) is 13.8 Å². The Labute approximate surface area is 176 Å². The topological polar surface area (TPSA) is 93.7 Å². The molecule has 0 saturated carbocycles. The summed E-state index contributed by atoms with van der Waals surface area (Å²) < 4.78 is 10.3. The Kier molecular flexibility index (Phi) is 8.41. The predicted octanol–water partition coefficient (Wildman–Crippen LogP) is 3.74. The molecule has 1 atom stereocenters. The first kappa shape index (κ1) is 22.9. The SMILES string of the molecule is Cc1cccc(C)c1NC(=O)COC(=O)[C@@H](NC(=O)OCc1ccccc1)C(C)C. The summed E-state index contributed by atoms with van der Waals surface area (Å²) in [6, 6.07) is 13.9. The lowest BCUT2D eigenvalue weighted by atomic mass is 10.1. The second-order valence-corrected chi connectivity index (χ2v) is 7.35. The van der Waals surface area contributed by atoms with E-state index in [1.165, 1.54) is 0 Å². The molecule has 0 unspecified atom stereocenters. The molecule has 0 spiro atoms. The Morgan fingerprint density at radius 2 is 1.53 bits per heavy atom. The fourth-order valence-corrected chi connectivity index (χ4v) is 2.80. The van der Waals surface area contributed by atoms with E-state index in [0.29, 0.717) is 5.69 Å². The first-order valence-electron chi connectivity index (χ1n) is 9.78. The Balaban J connectivity index is 1.85. The maximum absolute atomic E-state index is 12.4. The third-order valence-corrected chi connectivity index (χ3v) is 4.50. The van der Waals surface area contributed by atoms with Crippen LogP contribution in [0.4, 0.5) is 10.5 Å². The Hall–Kier alpha value is -3.35. The van der Waals surface area contributed by atoms with Gasteiger partial charge in [-0.15, -0.1) is 0 Å². The Bertz CT molecular complexity index is 860. The van der Waals surface area contributed by atoms with Crippen LogP contribution < -0.4 is 10.6 Å². The zero-order valence-electron chi connectivity index (χ0n) is 17.7.